The van der Waals surface area contributed by atoms with Crippen molar-refractivity contribution < 1.29 is 4.74 Å². The first-order chi connectivity index (χ1) is 11.8. The molecular formula is C19H28N4O. The maximum absolute atomic E-state index is 5.29. The van der Waals surface area contributed by atoms with Crippen molar-refractivity contribution in [2.45, 2.75) is 19.8 Å². The molecule has 2 aromatic rings. The van der Waals surface area contributed by atoms with Gasteiger partial charge in [0, 0.05) is 56.3 Å². The molecular weight excluding hydrogens is 300 g/mol. The van der Waals surface area contributed by atoms with Gasteiger partial charge >= 0.3 is 0 Å². The Bertz CT molecular complexity index is 679. The number of hydrogen-bond acceptors (Lipinski definition) is 2. The van der Waals surface area contributed by atoms with Crippen molar-refractivity contribution in [3.63, 3.8) is 0 Å². The van der Waals surface area contributed by atoms with Crippen molar-refractivity contribution >= 4 is 16.9 Å². The fourth-order valence-electron chi connectivity index (χ4n) is 3.44. The lowest BCUT2D eigenvalue weighted by atomic mass is 10.1. The molecule has 130 valence electrons. The van der Waals surface area contributed by atoms with Crippen LogP contribution in [0.3, 0.4) is 0 Å². The van der Waals surface area contributed by atoms with Gasteiger partial charge in [-0.25, -0.2) is 0 Å². The Morgan fingerprint density at radius 2 is 2.29 bits per heavy atom. The van der Waals surface area contributed by atoms with Crippen molar-refractivity contribution in [1.82, 2.24) is 15.2 Å². The second-order valence-electron chi connectivity index (χ2n) is 6.40. The second-order valence-corrected chi connectivity index (χ2v) is 6.40. The third-order valence-electron chi connectivity index (χ3n) is 4.64. The van der Waals surface area contributed by atoms with Gasteiger partial charge in [0.15, 0.2) is 5.96 Å². The van der Waals surface area contributed by atoms with E-state index in [2.05, 4.69) is 52.6 Å². The highest BCUT2D eigenvalue weighted by Crippen LogP contribution is 2.19. The van der Waals surface area contributed by atoms with Crippen molar-refractivity contribution in [1.29, 1.82) is 0 Å². The molecule has 1 aliphatic rings. The number of fused-ring (bicyclic) bond motifs is 1. The quantitative estimate of drug-likeness (QED) is 0.633. The third kappa shape index (κ3) is 3.90. The lowest BCUT2D eigenvalue weighted by Gasteiger charge is -2.21. The molecule has 0 saturated carbocycles. The number of rotatable bonds is 6. The fourth-order valence-corrected chi connectivity index (χ4v) is 3.44. The van der Waals surface area contributed by atoms with Gasteiger partial charge in [-0.05, 0) is 31.4 Å². The predicted molar refractivity (Wildman–Crippen MR) is 99.5 cm³/mol. The van der Waals surface area contributed by atoms with E-state index in [0.717, 1.165) is 45.2 Å². The summed E-state index contributed by atoms with van der Waals surface area (Å²) in [6.07, 6.45) is 4.24. The van der Waals surface area contributed by atoms with Crippen LogP contribution in [-0.2, 0) is 11.2 Å². The van der Waals surface area contributed by atoms with Crippen LogP contribution in [0.4, 0.5) is 0 Å². The average molecular weight is 328 g/mol. The number of H-pyrrole nitrogens is 1. The minimum atomic E-state index is 0.618. The normalized spacial score (nSPS) is 18.5. The van der Waals surface area contributed by atoms with E-state index in [4.69, 9.17) is 9.73 Å². The van der Waals surface area contributed by atoms with Crippen LogP contribution in [0.2, 0.25) is 0 Å². The monoisotopic (exact) mass is 328 g/mol. The number of aromatic amines is 1. The molecule has 3 rings (SSSR count). The molecule has 24 heavy (non-hydrogen) atoms. The molecule has 1 aromatic heterocycles. The molecule has 2 N–H and O–H groups in total. The zero-order valence-corrected chi connectivity index (χ0v) is 14.7. The molecule has 0 radical (unpaired) electrons. The Balaban J connectivity index is 1.62. The Labute approximate surface area is 144 Å². The van der Waals surface area contributed by atoms with E-state index in [-0.39, 0.29) is 0 Å². The third-order valence-corrected chi connectivity index (χ3v) is 4.64. The van der Waals surface area contributed by atoms with E-state index in [1.807, 2.05) is 0 Å². The molecule has 0 spiro atoms. The summed E-state index contributed by atoms with van der Waals surface area (Å²) >= 11 is 0. The number of nitrogens with one attached hydrogen (secondary N) is 2. The van der Waals surface area contributed by atoms with Crippen LogP contribution in [0.25, 0.3) is 10.9 Å². The molecule has 0 bridgehead atoms. The van der Waals surface area contributed by atoms with Gasteiger partial charge in [-0.1, -0.05) is 18.2 Å². The van der Waals surface area contributed by atoms with E-state index in [1.54, 1.807) is 7.11 Å². The summed E-state index contributed by atoms with van der Waals surface area (Å²) in [6, 6.07) is 8.44. The topological polar surface area (TPSA) is 52.7 Å². The molecule has 0 amide bonds. The van der Waals surface area contributed by atoms with Crippen molar-refractivity contribution in [3.05, 3.63) is 36.0 Å². The fraction of sp³-hybridized carbons (Fsp3) is 0.526. The Kier molecular flexibility index (Phi) is 5.75. The lowest BCUT2D eigenvalue weighted by Crippen LogP contribution is -2.40. The number of benzene rings is 1. The number of guanidine groups is 1. The van der Waals surface area contributed by atoms with Gasteiger partial charge in [-0.3, -0.25) is 4.99 Å². The number of ether oxygens (including phenoxy) is 1. The minimum absolute atomic E-state index is 0.618. The van der Waals surface area contributed by atoms with E-state index in [9.17, 15) is 0 Å². The van der Waals surface area contributed by atoms with E-state index >= 15 is 0 Å². The van der Waals surface area contributed by atoms with Crippen LogP contribution in [0.15, 0.2) is 35.5 Å². The summed E-state index contributed by atoms with van der Waals surface area (Å²) in [5.41, 5.74) is 2.54. The lowest BCUT2D eigenvalue weighted by molar-refractivity contribution is 0.157. The predicted octanol–water partition coefficient (Wildman–Crippen LogP) is 2.64. The van der Waals surface area contributed by atoms with Gasteiger partial charge < -0.3 is 19.9 Å². The van der Waals surface area contributed by atoms with Crippen LogP contribution in [0, 0.1) is 5.92 Å². The van der Waals surface area contributed by atoms with Gasteiger partial charge in [0.2, 0.25) is 0 Å². The van der Waals surface area contributed by atoms with Gasteiger partial charge in [0.1, 0.15) is 0 Å². The number of nitrogens with zero attached hydrogens (tertiary/aromatic N) is 2. The SMILES string of the molecule is CCNC(=NCCc1c[nH]c2ccccc12)N1CCC(COC)C1. The summed E-state index contributed by atoms with van der Waals surface area (Å²) in [5, 5.41) is 4.74. The maximum atomic E-state index is 5.29. The van der Waals surface area contributed by atoms with E-state index in [0.29, 0.717) is 5.92 Å². The molecule has 1 saturated heterocycles. The minimum Gasteiger partial charge on any atom is -0.384 e. The zero-order chi connectivity index (χ0) is 16.8. The molecule has 0 aliphatic carbocycles. The Morgan fingerprint density at radius 3 is 3.12 bits per heavy atom. The van der Waals surface area contributed by atoms with Crippen LogP contribution in [-0.4, -0.2) is 55.7 Å². The summed E-state index contributed by atoms with van der Waals surface area (Å²) in [5.74, 6) is 1.66. The van der Waals surface area contributed by atoms with E-state index in [1.165, 1.54) is 22.9 Å². The number of hydrogen-bond donors (Lipinski definition) is 2. The van der Waals surface area contributed by atoms with Crippen LogP contribution < -0.4 is 5.32 Å². The summed E-state index contributed by atoms with van der Waals surface area (Å²) in [6.45, 7) is 6.76. The van der Waals surface area contributed by atoms with E-state index < -0.39 is 0 Å². The Hall–Kier alpha value is -2.01. The van der Waals surface area contributed by atoms with Crippen LogP contribution >= 0.6 is 0 Å². The highest BCUT2D eigenvalue weighted by Gasteiger charge is 2.24. The van der Waals surface area contributed by atoms with Crippen molar-refractivity contribution in [3.8, 4) is 0 Å². The molecule has 1 unspecified atom stereocenters. The molecule has 5 heteroatoms. The van der Waals surface area contributed by atoms with Crippen LogP contribution in [0.5, 0.6) is 0 Å². The van der Waals surface area contributed by atoms with Gasteiger partial charge in [-0.15, -0.1) is 0 Å². The molecule has 1 atom stereocenters. The van der Waals surface area contributed by atoms with Crippen molar-refractivity contribution in [2.24, 2.45) is 10.9 Å². The maximum Gasteiger partial charge on any atom is 0.193 e. The highest BCUT2D eigenvalue weighted by molar-refractivity contribution is 5.83. The largest absolute Gasteiger partial charge is 0.384 e. The van der Waals surface area contributed by atoms with Gasteiger partial charge in [0.05, 0.1) is 6.61 Å². The molecule has 1 aromatic carbocycles. The zero-order valence-electron chi connectivity index (χ0n) is 14.7. The number of para-hydroxylation sites is 1. The first-order valence-electron chi connectivity index (χ1n) is 8.89. The number of methoxy groups -OCH3 is 1. The number of aromatic nitrogens is 1. The van der Waals surface area contributed by atoms with Gasteiger partial charge in [0.25, 0.3) is 0 Å². The van der Waals surface area contributed by atoms with Crippen LogP contribution in [0.1, 0.15) is 18.9 Å². The average Bonchev–Trinajstić information content (AvgIpc) is 3.22. The smallest absolute Gasteiger partial charge is 0.193 e. The number of likely N-dealkylation sites (tertiary alicyclic amines) is 1. The first-order valence-corrected chi connectivity index (χ1v) is 8.89. The highest BCUT2D eigenvalue weighted by atomic mass is 16.5. The number of aliphatic imine (C=N–C) groups is 1. The summed E-state index contributed by atoms with van der Waals surface area (Å²) in [7, 11) is 1.78. The molecule has 5 nitrogen and oxygen atoms in total. The van der Waals surface area contributed by atoms with Gasteiger partial charge in [-0.2, -0.15) is 0 Å². The Morgan fingerprint density at radius 1 is 1.42 bits per heavy atom. The summed E-state index contributed by atoms with van der Waals surface area (Å²) < 4.78 is 5.29. The van der Waals surface area contributed by atoms with Crippen molar-refractivity contribution in [2.75, 3.05) is 39.9 Å². The standard InChI is InChI=1S/C19H28N4O/c1-3-20-19(23-11-9-15(13-23)14-24-2)21-10-8-16-12-22-18-7-5-4-6-17(16)18/h4-7,12,15,22H,3,8-11,13-14H2,1-2H3,(H,20,21). The molecule has 1 fully saturated rings. The molecule has 2 heterocycles. The second kappa shape index (κ2) is 8.20. The molecule has 1 aliphatic heterocycles. The first kappa shape index (κ1) is 16.8. The summed E-state index contributed by atoms with van der Waals surface area (Å²) in [4.78, 5) is 10.5.